The number of nitrogens with zero attached hydrogens (tertiary/aromatic N) is 1. The first-order valence-corrected chi connectivity index (χ1v) is 10.1. The molecular formula is C25H29NO4. The first kappa shape index (κ1) is 21.5. The van der Waals surface area contributed by atoms with E-state index in [2.05, 4.69) is 26.8 Å². The molecule has 0 saturated heterocycles. The number of methoxy groups -OCH3 is 1. The summed E-state index contributed by atoms with van der Waals surface area (Å²) in [5, 5.41) is 11.4. The lowest BCUT2D eigenvalue weighted by molar-refractivity contribution is 0.325. The highest BCUT2D eigenvalue weighted by atomic mass is 16.5. The van der Waals surface area contributed by atoms with Gasteiger partial charge >= 0.3 is 0 Å². The number of aromatic nitrogens is 1. The van der Waals surface area contributed by atoms with Crippen LogP contribution >= 0.6 is 0 Å². The molecule has 1 N–H and O–H groups in total. The smallest absolute Gasteiger partial charge is 0.201 e. The van der Waals surface area contributed by atoms with E-state index in [1.165, 1.54) is 17.2 Å². The zero-order chi connectivity index (χ0) is 21.8. The van der Waals surface area contributed by atoms with Crippen LogP contribution in [0, 0.1) is 0 Å². The standard InChI is InChI=1S/C25H29NO4/c1-16(2)9-8-10-17(3)13-14-30-21-15-20(27)22-23(25(21)29-5)26(4)19-12-7-6-11-18(19)24(22)28/h6-7,9,11-13,15,27H,8,10,14H2,1-5H3. The van der Waals surface area contributed by atoms with Crippen molar-refractivity contribution >= 4 is 21.8 Å². The van der Waals surface area contributed by atoms with E-state index in [1.54, 1.807) is 13.2 Å². The van der Waals surface area contributed by atoms with Crippen molar-refractivity contribution < 1.29 is 14.6 Å². The fourth-order valence-corrected chi connectivity index (χ4v) is 3.64. The van der Waals surface area contributed by atoms with Crippen LogP contribution in [0.4, 0.5) is 0 Å². The molecular weight excluding hydrogens is 378 g/mol. The van der Waals surface area contributed by atoms with Crippen LogP contribution in [0.3, 0.4) is 0 Å². The van der Waals surface area contributed by atoms with E-state index >= 15 is 0 Å². The van der Waals surface area contributed by atoms with Crippen molar-refractivity contribution in [3.05, 3.63) is 63.9 Å². The monoisotopic (exact) mass is 407 g/mol. The van der Waals surface area contributed by atoms with Crippen LogP contribution in [0.1, 0.15) is 33.6 Å². The van der Waals surface area contributed by atoms with Gasteiger partial charge in [0.2, 0.25) is 5.43 Å². The minimum absolute atomic E-state index is 0.114. The van der Waals surface area contributed by atoms with Gasteiger partial charge in [0, 0.05) is 18.5 Å². The summed E-state index contributed by atoms with van der Waals surface area (Å²) in [6.45, 7) is 6.62. The normalized spacial score (nSPS) is 11.7. The first-order chi connectivity index (χ1) is 14.3. The molecule has 0 amide bonds. The largest absolute Gasteiger partial charge is 0.507 e. The number of aryl methyl sites for hydroxylation is 1. The highest BCUT2D eigenvalue weighted by molar-refractivity contribution is 6.00. The minimum atomic E-state index is -0.226. The molecule has 1 heterocycles. The van der Waals surface area contributed by atoms with Crippen LogP contribution in [0.2, 0.25) is 0 Å². The van der Waals surface area contributed by atoms with Gasteiger partial charge in [-0.05, 0) is 51.8 Å². The number of hydrogen-bond acceptors (Lipinski definition) is 4. The van der Waals surface area contributed by atoms with Gasteiger partial charge in [-0.15, -0.1) is 0 Å². The number of aromatic hydroxyl groups is 1. The molecule has 5 heteroatoms. The van der Waals surface area contributed by atoms with E-state index in [1.807, 2.05) is 35.9 Å². The lowest BCUT2D eigenvalue weighted by Crippen LogP contribution is -2.11. The van der Waals surface area contributed by atoms with Crippen molar-refractivity contribution in [1.29, 1.82) is 0 Å². The minimum Gasteiger partial charge on any atom is -0.507 e. The number of para-hydroxylation sites is 1. The van der Waals surface area contributed by atoms with Crippen molar-refractivity contribution in [3.8, 4) is 17.2 Å². The lowest BCUT2D eigenvalue weighted by atomic mass is 10.1. The quantitative estimate of drug-likeness (QED) is 0.416. The zero-order valence-corrected chi connectivity index (χ0v) is 18.3. The average molecular weight is 408 g/mol. The molecule has 0 atom stereocenters. The molecule has 0 spiro atoms. The number of phenolic OH excluding ortho intramolecular Hbond substituents is 1. The number of benzene rings is 2. The maximum absolute atomic E-state index is 13.0. The third-order valence-electron chi connectivity index (χ3n) is 5.24. The van der Waals surface area contributed by atoms with Crippen molar-refractivity contribution in [2.45, 2.75) is 33.6 Å². The van der Waals surface area contributed by atoms with E-state index in [9.17, 15) is 9.90 Å². The second-order valence-corrected chi connectivity index (χ2v) is 7.74. The molecule has 0 saturated carbocycles. The van der Waals surface area contributed by atoms with Crippen molar-refractivity contribution in [1.82, 2.24) is 4.57 Å². The van der Waals surface area contributed by atoms with Crippen LogP contribution < -0.4 is 14.9 Å². The number of rotatable bonds is 7. The van der Waals surface area contributed by atoms with Crippen LogP contribution in [-0.2, 0) is 7.05 Å². The number of pyridine rings is 1. The van der Waals surface area contributed by atoms with Gasteiger partial charge in [-0.2, -0.15) is 0 Å². The molecule has 0 unspecified atom stereocenters. The predicted octanol–water partition coefficient (Wildman–Crippen LogP) is 5.48. The summed E-state index contributed by atoms with van der Waals surface area (Å²) in [6, 6.07) is 8.79. The zero-order valence-electron chi connectivity index (χ0n) is 18.3. The van der Waals surface area contributed by atoms with Gasteiger partial charge < -0.3 is 19.1 Å². The van der Waals surface area contributed by atoms with Gasteiger partial charge in [0.25, 0.3) is 0 Å². The summed E-state index contributed by atoms with van der Waals surface area (Å²) < 4.78 is 13.4. The van der Waals surface area contributed by atoms with Crippen molar-refractivity contribution in [2.75, 3.05) is 13.7 Å². The summed E-state index contributed by atoms with van der Waals surface area (Å²) in [5.41, 5.74) is 3.60. The maximum atomic E-state index is 13.0. The van der Waals surface area contributed by atoms with Gasteiger partial charge in [-0.25, -0.2) is 0 Å². The molecule has 0 bridgehead atoms. The lowest BCUT2D eigenvalue weighted by Gasteiger charge is -2.17. The molecule has 30 heavy (non-hydrogen) atoms. The number of hydrogen-bond donors (Lipinski definition) is 1. The number of ether oxygens (including phenoxy) is 2. The second kappa shape index (κ2) is 9.08. The first-order valence-electron chi connectivity index (χ1n) is 10.1. The van der Waals surface area contributed by atoms with Gasteiger partial charge in [-0.1, -0.05) is 29.4 Å². The number of phenols is 1. The Kier molecular flexibility index (Phi) is 6.50. The van der Waals surface area contributed by atoms with Crippen LogP contribution in [-0.4, -0.2) is 23.4 Å². The van der Waals surface area contributed by atoms with Crippen molar-refractivity contribution in [2.24, 2.45) is 7.05 Å². The Hall–Kier alpha value is -3.21. The Labute approximate surface area is 176 Å². The SMILES string of the molecule is COc1c(OCC=C(C)CCC=C(C)C)cc(O)c2c(=O)c3ccccc3n(C)c12. The molecule has 0 aliphatic heterocycles. The topological polar surface area (TPSA) is 60.7 Å². The van der Waals surface area contributed by atoms with Crippen LogP contribution in [0.15, 0.2) is 58.4 Å². The molecule has 2 aromatic carbocycles. The molecule has 0 radical (unpaired) electrons. The number of fused-ring (bicyclic) bond motifs is 2. The summed E-state index contributed by atoms with van der Waals surface area (Å²) in [5.74, 6) is 0.723. The van der Waals surface area contributed by atoms with Crippen LogP contribution in [0.5, 0.6) is 17.2 Å². The Morgan fingerprint density at radius 2 is 1.90 bits per heavy atom. The Balaban J connectivity index is 2.01. The second-order valence-electron chi connectivity index (χ2n) is 7.74. The molecule has 3 aromatic rings. The predicted molar refractivity (Wildman–Crippen MR) is 123 cm³/mol. The van der Waals surface area contributed by atoms with Crippen molar-refractivity contribution in [3.63, 3.8) is 0 Å². The van der Waals surface area contributed by atoms with Gasteiger partial charge in [0.05, 0.1) is 18.0 Å². The Morgan fingerprint density at radius 1 is 1.17 bits per heavy atom. The van der Waals surface area contributed by atoms with Gasteiger partial charge in [-0.3, -0.25) is 4.79 Å². The Bertz CT molecular complexity index is 1200. The summed E-state index contributed by atoms with van der Waals surface area (Å²) >= 11 is 0. The third kappa shape index (κ3) is 4.20. The van der Waals surface area contributed by atoms with Gasteiger partial charge in [0.1, 0.15) is 17.9 Å². The third-order valence-corrected chi connectivity index (χ3v) is 5.24. The van der Waals surface area contributed by atoms with E-state index in [-0.39, 0.29) is 16.6 Å². The molecule has 0 aliphatic carbocycles. The molecule has 158 valence electrons. The average Bonchev–Trinajstić information content (AvgIpc) is 2.71. The molecule has 0 aliphatic rings. The van der Waals surface area contributed by atoms with E-state index in [4.69, 9.17) is 9.47 Å². The highest BCUT2D eigenvalue weighted by Crippen LogP contribution is 2.40. The highest BCUT2D eigenvalue weighted by Gasteiger charge is 2.20. The maximum Gasteiger partial charge on any atom is 0.201 e. The molecule has 1 aromatic heterocycles. The summed E-state index contributed by atoms with van der Waals surface area (Å²) in [6.07, 6.45) is 6.21. The summed E-state index contributed by atoms with van der Waals surface area (Å²) in [4.78, 5) is 13.0. The van der Waals surface area contributed by atoms with E-state index < -0.39 is 0 Å². The van der Waals surface area contributed by atoms with Gasteiger partial charge in [0.15, 0.2) is 11.5 Å². The molecule has 3 rings (SSSR count). The summed E-state index contributed by atoms with van der Waals surface area (Å²) in [7, 11) is 3.39. The fourth-order valence-electron chi connectivity index (χ4n) is 3.64. The number of allylic oxidation sites excluding steroid dienone is 3. The van der Waals surface area contributed by atoms with E-state index in [0.29, 0.717) is 29.0 Å². The molecule has 5 nitrogen and oxygen atoms in total. The molecule has 0 fully saturated rings. The fraction of sp³-hybridized carbons (Fsp3) is 0.320. The van der Waals surface area contributed by atoms with Crippen LogP contribution in [0.25, 0.3) is 21.8 Å². The van der Waals surface area contributed by atoms with E-state index in [0.717, 1.165) is 18.4 Å². The Morgan fingerprint density at radius 3 is 2.60 bits per heavy atom.